The fourth-order valence-corrected chi connectivity index (χ4v) is 6.44. The SMILES string of the molecule is CSc1sc(SC)c(/C=N\NC(=O)Cc2csc(N)n2)c1/C=N\NC(=O)Cc1csc(N)n1. The van der Waals surface area contributed by atoms with Crippen LogP contribution in [0.15, 0.2) is 29.4 Å². The number of rotatable bonds is 10. The van der Waals surface area contributed by atoms with Gasteiger partial charge in [0.15, 0.2) is 10.3 Å². The maximum absolute atomic E-state index is 12.1. The van der Waals surface area contributed by atoms with Crippen LogP contribution in [0.3, 0.4) is 0 Å². The number of carbonyl (C=O) groups excluding carboxylic acids is 2. The molecule has 33 heavy (non-hydrogen) atoms. The molecule has 6 N–H and O–H groups in total. The molecule has 10 nitrogen and oxygen atoms in total. The fourth-order valence-electron chi connectivity index (χ4n) is 2.52. The summed E-state index contributed by atoms with van der Waals surface area (Å²) in [6, 6.07) is 0. The molecule has 0 bridgehead atoms. The molecule has 0 aromatic carbocycles. The predicted molar refractivity (Wildman–Crippen MR) is 140 cm³/mol. The number of hydrazone groups is 2. The first-order valence-electron chi connectivity index (χ1n) is 9.18. The molecule has 2 amide bonds. The summed E-state index contributed by atoms with van der Waals surface area (Å²) < 4.78 is 2.02. The highest BCUT2D eigenvalue weighted by molar-refractivity contribution is 8.02. The first kappa shape index (κ1) is 25.2. The van der Waals surface area contributed by atoms with Crippen molar-refractivity contribution in [2.45, 2.75) is 21.3 Å². The minimum Gasteiger partial charge on any atom is -0.375 e. The molecule has 3 aromatic heterocycles. The normalized spacial score (nSPS) is 11.5. The van der Waals surface area contributed by atoms with Crippen molar-refractivity contribution >= 4 is 92.0 Å². The average Bonchev–Trinajstić information content (AvgIpc) is 3.47. The summed E-state index contributed by atoms with van der Waals surface area (Å²) >= 11 is 7.28. The number of thiazole rings is 2. The molecule has 0 unspecified atom stereocenters. The van der Waals surface area contributed by atoms with Gasteiger partial charge in [0.05, 0.1) is 45.1 Å². The zero-order valence-corrected chi connectivity index (χ0v) is 21.6. The van der Waals surface area contributed by atoms with Gasteiger partial charge >= 0.3 is 0 Å². The number of hydrogen-bond acceptors (Lipinski definition) is 13. The first-order chi connectivity index (χ1) is 15.9. The number of aromatic nitrogens is 2. The van der Waals surface area contributed by atoms with Gasteiger partial charge in [-0.25, -0.2) is 20.8 Å². The Bertz CT molecular complexity index is 1090. The maximum Gasteiger partial charge on any atom is 0.246 e. The highest BCUT2D eigenvalue weighted by Crippen LogP contribution is 2.38. The molecule has 0 fully saturated rings. The van der Waals surface area contributed by atoms with E-state index in [1.807, 2.05) is 12.5 Å². The lowest BCUT2D eigenvalue weighted by Gasteiger charge is -2.00. The van der Waals surface area contributed by atoms with Crippen molar-refractivity contribution < 1.29 is 9.59 Å². The molecule has 0 spiro atoms. The van der Waals surface area contributed by atoms with Gasteiger partial charge in [0.1, 0.15) is 0 Å². The van der Waals surface area contributed by atoms with Crippen LogP contribution in [0.5, 0.6) is 0 Å². The van der Waals surface area contributed by atoms with Crippen LogP contribution in [0.25, 0.3) is 0 Å². The molecular formula is C18H20N8O2S5. The van der Waals surface area contributed by atoms with Gasteiger partial charge in [0.2, 0.25) is 11.8 Å². The quantitative estimate of drug-likeness (QED) is 0.173. The van der Waals surface area contributed by atoms with E-state index in [0.717, 1.165) is 19.5 Å². The molecule has 0 radical (unpaired) electrons. The Morgan fingerprint density at radius 3 is 1.67 bits per heavy atom. The molecule has 0 aliphatic heterocycles. The Morgan fingerprint density at radius 1 is 0.909 bits per heavy atom. The minimum absolute atomic E-state index is 0.0884. The zero-order chi connectivity index (χ0) is 23.8. The standard InChI is InChI=1S/C18H20N8O2S5/c1-29-15-11(5-21-25-13(27)3-9-7-31-17(19)23-9)12(16(30-2)33-15)6-22-26-14(28)4-10-8-32-18(20)24-10/h5-8H,3-4H2,1-2H3,(H2,19,23)(H2,20,24)(H,25,27)(H,26,28)/b21-5-,22-6-. The second-order valence-corrected chi connectivity index (χ2v) is 11.2. The van der Waals surface area contributed by atoms with Crippen molar-refractivity contribution in [1.82, 2.24) is 20.8 Å². The number of nitrogens with one attached hydrogen (secondary N) is 2. The van der Waals surface area contributed by atoms with Crippen LogP contribution in [0, 0.1) is 0 Å². The number of nitrogen functional groups attached to an aromatic ring is 2. The van der Waals surface area contributed by atoms with Crippen LogP contribution < -0.4 is 22.3 Å². The lowest BCUT2D eigenvalue weighted by Crippen LogP contribution is -2.20. The molecule has 174 valence electrons. The number of anilines is 2. The summed E-state index contributed by atoms with van der Waals surface area (Å²) in [6.07, 6.45) is 7.25. The van der Waals surface area contributed by atoms with E-state index in [1.54, 1.807) is 58.0 Å². The second-order valence-electron chi connectivity index (χ2n) is 6.21. The third kappa shape index (κ3) is 7.26. The van der Waals surface area contributed by atoms with Gasteiger partial charge in [0, 0.05) is 21.9 Å². The highest BCUT2D eigenvalue weighted by atomic mass is 32.2. The van der Waals surface area contributed by atoms with E-state index in [2.05, 4.69) is 31.0 Å². The van der Waals surface area contributed by atoms with Crippen LogP contribution >= 0.6 is 57.5 Å². The largest absolute Gasteiger partial charge is 0.375 e. The molecular weight excluding hydrogens is 521 g/mol. The van der Waals surface area contributed by atoms with Crippen molar-refractivity contribution in [2.75, 3.05) is 24.0 Å². The summed E-state index contributed by atoms with van der Waals surface area (Å²) in [7, 11) is 0. The molecule has 0 aliphatic rings. The van der Waals surface area contributed by atoms with E-state index in [-0.39, 0.29) is 24.7 Å². The number of nitrogens with zero attached hydrogens (tertiary/aromatic N) is 4. The average molecular weight is 541 g/mol. The van der Waals surface area contributed by atoms with Gasteiger partial charge in [-0.15, -0.1) is 57.5 Å². The van der Waals surface area contributed by atoms with Crippen molar-refractivity contribution in [2.24, 2.45) is 10.2 Å². The number of hydrogen-bond donors (Lipinski definition) is 4. The molecule has 3 heterocycles. The summed E-state index contributed by atoms with van der Waals surface area (Å²) in [5.74, 6) is -0.597. The number of amides is 2. The lowest BCUT2D eigenvalue weighted by atomic mass is 10.2. The maximum atomic E-state index is 12.1. The smallest absolute Gasteiger partial charge is 0.246 e. The molecule has 3 rings (SSSR count). The van der Waals surface area contributed by atoms with Crippen LogP contribution in [-0.4, -0.2) is 46.7 Å². The van der Waals surface area contributed by atoms with Crippen LogP contribution in [0.1, 0.15) is 22.5 Å². The molecule has 0 aliphatic carbocycles. The topological polar surface area (TPSA) is 161 Å². The number of thiophene rings is 1. The van der Waals surface area contributed by atoms with E-state index in [4.69, 9.17) is 11.5 Å². The Balaban J connectivity index is 1.67. The Hall–Kier alpha value is -2.46. The van der Waals surface area contributed by atoms with Gasteiger partial charge in [-0.3, -0.25) is 9.59 Å². The van der Waals surface area contributed by atoms with E-state index in [0.29, 0.717) is 21.7 Å². The molecule has 3 aromatic rings. The zero-order valence-electron chi connectivity index (χ0n) is 17.5. The summed E-state index contributed by atoms with van der Waals surface area (Å²) in [6.45, 7) is 0. The highest BCUT2D eigenvalue weighted by Gasteiger charge is 2.15. The van der Waals surface area contributed by atoms with Crippen molar-refractivity contribution in [3.05, 3.63) is 33.3 Å². The van der Waals surface area contributed by atoms with Crippen molar-refractivity contribution in [3.8, 4) is 0 Å². The fraction of sp³-hybridized carbons (Fsp3) is 0.222. The van der Waals surface area contributed by atoms with E-state index < -0.39 is 0 Å². The predicted octanol–water partition coefficient (Wildman–Crippen LogP) is 2.65. The van der Waals surface area contributed by atoms with Crippen LogP contribution in [0.2, 0.25) is 0 Å². The minimum atomic E-state index is -0.298. The molecule has 0 saturated carbocycles. The van der Waals surface area contributed by atoms with Crippen molar-refractivity contribution in [3.63, 3.8) is 0 Å². The van der Waals surface area contributed by atoms with Crippen LogP contribution in [0.4, 0.5) is 10.3 Å². The first-order valence-corrected chi connectivity index (χ1v) is 14.2. The number of carbonyl (C=O) groups is 2. The Kier molecular flexibility index (Phi) is 9.25. The van der Waals surface area contributed by atoms with Gasteiger partial charge in [-0.05, 0) is 12.5 Å². The monoisotopic (exact) mass is 540 g/mol. The second kappa shape index (κ2) is 12.1. The van der Waals surface area contributed by atoms with E-state index in [1.165, 1.54) is 22.7 Å². The van der Waals surface area contributed by atoms with E-state index >= 15 is 0 Å². The summed E-state index contributed by atoms with van der Waals surface area (Å²) in [5.41, 5.74) is 19.0. The lowest BCUT2D eigenvalue weighted by molar-refractivity contribution is -0.121. The third-order valence-electron chi connectivity index (χ3n) is 3.87. The van der Waals surface area contributed by atoms with E-state index in [9.17, 15) is 9.59 Å². The van der Waals surface area contributed by atoms with Gasteiger partial charge in [0.25, 0.3) is 0 Å². The number of nitrogens with two attached hydrogens (primary N) is 2. The molecule has 0 saturated heterocycles. The molecule has 0 atom stereocenters. The van der Waals surface area contributed by atoms with Gasteiger partial charge in [-0.2, -0.15) is 10.2 Å². The third-order valence-corrected chi connectivity index (χ3v) is 8.81. The number of thioether (sulfide) groups is 2. The molecule has 15 heteroatoms. The summed E-state index contributed by atoms with van der Waals surface area (Å²) in [5, 5.41) is 12.5. The van der Waals surface area contributed by atoms with Gasteiger partial charge in [-0.1, -0.05) is 0 Å². The summed E-state index contributed by atoms with van der Waals surface area (Å²) in [4.78, 5) is 32.4. The Labute approximate surface area is 210 Å². The van der Waals surface area contributed by atoms with Gasteiger partial charge < -0.3 is 11.5 Å². The van der Waals surface area contributed by atoms with Crippen molar-refractivity contribution in [1.29, 1.82) is 0 Å². The Morgan fingerprint density at radius 2 is 1.33 bits per heavy atom. The van der Waals surface area contributed by atoms with Crippen LogP contribution in [-0.2, 0) is 22.4 Å².